The summed E-state index contributed by atoms with van der Waals surface area (Å²) in [6, 6.07) is 11.2. The third-order valence-corrected chi connectivity index (χ3v) is 5.25. The van der Waals surface area contributed by atoms with Crippen LogP contribution in [0.1, 0.15) is 34.3 Å². The van der Waals surface area contributed by atoms with Gasteiger partial charge in [0.05, 0.1) is 19.3 Å². The average Bonchev–Trinajstić information content (AvgIpc) is 2.74. The minimum atomic E-state index is -0.105. The number of benzene rings is 2. The first-order valence-electron chi connectivity index (χ1n) is 9.67. The van der Waals surface area contributed by atoms with Crippen LogP contribution in [0.4, 0.5) is 5.69 Å². The van der Waals surface area contributed by atoms with Crippen molar-refractivity contribution in [1.82, 2.24) is 5.32 Å². The summed E-state index contributed by atoms with van der Waals surface area (Å²) in [6.07, 6.45) is 3.08. The fraction of sp³-hybridized carbons (Fsp3) is 0.364. The Balaban J connectivity index is 1.37. The summed E-state index contributed by atoms with van der Waals surface area (Å²) in [4.78, 5) is 26.6. The molecular formula is C22H24N2O4. The van der Waals surface area contributed by atoms with E-state index in [4.69, 9.17) is 9.47 Å². The smallest absolute Gasteiger partial charge is 0.251 e. The van der Waals surface area contributed by atoms with Crippen LogP contribution in [-0.2, 0) is 17.6 Å². The van der Waals surface area contributed by atoms with E-state index in [-0.39, 0.29) is 11.8 Å². The van der Waals surface area contributed by atoms with Gasteiger partial charge >= 0.3 is 0 Å². The molecule has 0 bridgehead atoms. The van der Waals surface area contributed by atoms with E-state index in [1.54, 1.807) is 7.11 Å². The summed E-state index contributed by atoms with van der Waals surface area (Å²) in [7, 11) is 1.62. The number of carbonyl (C=O) groups is 2. The molecule has 2 aliphatic heterocycles. The molecule has 146 valence electrons. The number of hydrogen-bond acceptors (Lipinski definition) is 4. The van der Waals surface area contributed by atoms with Crippen molar-refractivity contribution in [3.05, 3.63) is 53.1 Å². The zero-order valence-electron chi connectivity index (χ0n) is 16.0. The molecule has 2 heterocycles. The fourth-order valence-corrected chi connectivity index (χ4v) is 3.89. The van der Waals surface area contributed by atoms with Crippen LogP contribution in [0.5, 0.6) is 11.5 Å². The Morgan fingerprint density at radius 1 is 1.07 bits per heavy atom. The lowest BCUT2D eigenvalue weighted by molar-refractivity contribution is -0.119. The largest absolute Gasteiger partial charge is 0.497 e. The van der Waals surface area contributed by atoms with Gasteiger partial charge in [-0.3, -0.25) is 9.59 Å². The zero-order valence-corrected chi connectivity index (χ0v) is 16.0. The van der Waals surface area contributed by atoms with Gasteiger partial charge in [0.1, 0.15) is 18.1 Å². The molecule has 4 rings (SSSR count). The fourth-order valence-electron chi connectivity index (χ4n) is 3.89. The van der Waals surface area contributed by atoms with Crippen LogP contribution < -0.4 is 19.7 Å². The number of methoxy groups -OCH3 is 1. The normalized spacial score (nSPS) is 15.0. The van der Waals surface area contributed by atoms with E-state index in [9.17, 15) is 9.59 Å². The first-order chi connectivity index (χ1) is 13.7. The lowest BCUT2D eigenvalue weighted by Crippen LogP contribution is -2.39. The number of ether oxygens (including phenoxy) is 2. The molecule has 2 amide bonds. The maximum atomic E-state index is 12.6. The van der Waals surface area contributed by atoms with Gasteiger partial charge in [0.25, 0.3) is 5.91 Å². The number of aryl methyl sites for hydroxylation is 2. The van der Waals surface area contributed by atoms with Gasteiger partial charge in [-0.25, -0.2) is 0 Å². The molecule has 0 unspecified atom stereocenters. The molecule has 0 atom stereocenters. The van der Waals surface area contributed by atoms with Crippen molar-refractivity contribution >= 4 is 17.5 Å². The number of anilines is 1. The first-order valence-corrected chi connectivity index (χ1v) is 9.67. The van der Waals surface area contributed by atoms with Crippen LogP contribution in [0.3, 0.4) is 0 Å². The van der Waals surface area contributed by atoms with E-state index in [2.05, 4.69) is 5.32 Å². The van der Waals surface area contributed by atoms with Crippen molar-refractivity contribution in [2.45, 2.75) is 25.7 Å². The van der Waals surface area contributed by atoms with E-state index in [1.807, 2.05) is 41.3 Å². The van der Waals surface area contributed by atoms with Crippen LogP contribution in [0.2, 0.25) is 0 Å². The van der Waals surface area contributed by atoms with E-state index in [1.165, 1.54) is 0 Å². The molecule has 28 heavy (non-hydrogen) atoms. The number of carbonyl (C=O) groups excluding carboxylic acids is 2. The molecule has 0 fully saturated rings. The summed E-state index contributed by atoms with van der Waals surface area (Å²) >= 11 is 0. The summed E-state index contributed by atoms with van der Waals surface area (Å²) < 4.78 is 10.8. The molecule has 0 spiro atoms. The lowest BCUT2D eigenvalue weighted by Gasteiger charge is -2.35. The molecule has 2 aliphatic rings. The second-order valence-electron chi connectivity index (χ2n) is 7.07. The summed E-state index contributed by atoms with van der Waals surface area (Å²) in [6.45, 7) is 1.59. The van der Waals surface area contributed by atoms with Crippen LogP contribution in [-0.4, -0.2) is 38.6 Å². The Morgan fingerprint density at radius 3 is 2.54 bits per heavy atom. The number of amides is 2. The number of nitrogens with zero attached hydrogens (tertiary/aromatic N) is 1. The van der Waals surface area contributed by atoms with Crippen LogP contribution in [0.25, 0.3) is 0 Å². The summed E-state index contributed by atoms with van der Waals surface area (Å²) in [5.41, 5.74) is 3.92. The summed E-state index contributed by atoms with van der Waals surface area (Å²) in [5.74, 6) is 1.60. The molecule has 2 aromatic carbocycles. The molecule has 1 N–H and O–H groups in total. The highest BCUT2D eigenvalue weighted by molar-refractivity contribution is 6.00. The Kier molecular flexibility index (Phi) is 5.19. The SMILES string of the molecule is COc1ccc(OCCNC(=O)c2cc3c4c(c2)CCC(=O)N4CCC3)cc1. The maximum Gasteiger partial charge on any atom is 0.251 e. The van der Waals surface area contributed by atoms with Crippen molar-refractivity contribution in [3.63, 3.8) is 0 Å². The highest BCUT2D eigenvalue weighted by atomic mass is 16.5. The number of rotatable bonds is 6. The van der Waals surface area contributed by atoms with Crippen LogP contribution in [0.15, 0.2) is 36.4 Å². The summed E-state index contributed by atoms with van der Waals surface area (Å²) in [5, 5.41) is 2.92. The topological polar surface area (TPSA) is 67.9 Å². The van der Waals surface area contributed by atoms with Gasteiger partial charge in [-0.1, -0.05) is 0 Å². The van der Waals surface area contributed by atoms with Gasteiger partial charge in [-0.15, -0.1) is 0 Å². The molecule has 0 aromatic heterocycles. The van der Waals surface area contributed by atoms with Crippen molar-refractivity contribution < 1.29 is 19.1 Å². The monoisotopic (exact) mass is 380 g/mol. The van der Waals surface area contributed by atoms with Gasteiger partial charge < -0.3 is 19.7 Å². The second kappa shape index (κ2) is 7.92. The molecular weight excluding hydrogens is 356 g/mol. The van der Waals surface area contributed by atoms with Gasteiger partial charge in [0, 0.05) is 18.5 Å². The lowest BCUT2D eigenvalue weighted by atomic mass is 9.89. The van der Waals surface area contributed by atoms with E-state index < -0.39 is 0 Å². The van der Waals surface area contributed by atoms with E-state index in [0.717, 1.165) is 47.7 Å². The highest BCUT2D eigenvalue weighted by Crippen LogP contribution is 2.36. The van der Waals surface area contributed by atoms with Crippen molar-refractivity contribution in [3.8, 4) is 11.5 Å². The Morgan fingerprint density at radius 2 is 1.79 bits per heavy atom. The Bertz CT molecular complexity index is 875. The quantitative estimate of drug-likeness (QED) is 0.783. The number of hydrogen-bond donors (Lipinski definition) is 1. The van der Waals surface area contributed by atoms with Gasteiger partial charge in [-0.2, -0.15) is 0 Å². The molecule has 6 nitrogen and oxygen atoms in total. The van der Waals surface area contributed by atoms with Crippen LogP contribution in [0, 0.1) is 0 Å². The third-order valence-electron chi connectivity index (χ3n) is 5.25. The molecule has 0 aliphatic carbocycles. The van der Waals surface area contributed by atoms with E-state index >= 15 is 0 Å². The molecule has 0 saturated carbocycles. The molecule has 0 radical (unpaired) electrons. The predicted octanol–water partition coefficient (Wildman–Crippen LogP) is 2.73. The van der Waals surface area contributed by atoms with Gasteiger partial charge in [0.2, 0.25) is 5.91 Å². The highest BCUT2D eigenvalue weighted by Gasteiger charge is 2.30. The second-order valence-corrected chi connectivity index (χ2v) is 7.07. The van der Waals surface area contributed by atoms with Gasteiger partial charge in [0.15, 0.2) is 0 Å². The van der Waals surface area contributed by atoms with Crippen LogP contribution >= 0.6 is 0 Å². The van der Waals surface area contributed by atoms with Crippen molar-refractivity contribution in [2.75, 3.05) is 31.7 Å². The third kappa shape index (κ3) is 3.67. The molecule has 0 saturated heterocycles. The minimum absolute atomic E-state index is 0.105. The standard InChI is InChI=1S/C22H24N2O4/c1-27-18-5-7-19(8-6-18)28-12-10-23-22(26)17-13-15-3-2-11-24-20(25)9-4-16(14-17)21(15)24/h5-8,13-14H,2-4,9-12H2,1H3,(H,23,26). The van der Waals surface area contributed by atoms with Crippen molar-refractivity contribution in [1.29, 1.82) is 0 Å². The van der Waals surface area contributed by atoms with Crippen molar-refractivity contribution in [2.24, 2.45) is 0 Å². The molecule has 2 aromatic rings. The molecule has 6 heteroatoms. The number of nitrogens with one attached hydrogen (secondary N) is 1. The zero-order chi connectivity index (χ0) is 19.5. The van der Waals surface area contributed by atoms with Gasteiger partial charge in [-0.05, 0) is 66.8 Å². The minimum Gasteiger partial charge on any atom is -0.497 e. The Labute approximate surface area is 164 Å². The predicted molar refractivity (Wildman–Crippen MR) is 106 cm³/mol. The first kappa shape index (κ1) is 18.3. The average molecular weight is 380 g/mol. The van der Waals surface area contributed by atoms with E-state index in [0.29, 0.717) is 31.6 Å². The maximum absolute atomic E-state index is 12.6. The Hall–Kier alpha value is -3.02.